The van der Waals surface area contributed by atoms with Gasteiger partial charge in [-0.05, 0) is 32.9 Å². The molecule has 0 aliphatic rings. The Morgan fingerprint density at radius 1 is 1.42 bits per heavy atom. The van der Waals surface area contributed by atoms with Crippen molar-refractivity contribution in [2.75, 3.05) is 5.32 Å². The topological polar surface area (TPSA) is 75.1 Å². The summed E-state index contributed by atoms with van der Waals surface area (Å²) in [5.74, 6) is -1.02. The lowest BCUT2D eigenvalue weighted by Crippen LogP contribution is -2.07. The Kier molecular flexibility index (Phi) is 3.80. The van der Waals surface area contributed by atoms with E-state index in [-0.39, 0.29) is 11.7 Å². The molecule has 100 valence electrons. The molecule has 6 heteroatoms. The van der Waals surface area contributed by atoms with Gasteiger partial charge in [0.1, 0.15) is 5.69 Å². The summed E-state index contributed by atoms with van der Waals surface area (Å²) in [6.07, 6.45) is 1.53. The Labute approximate surface area is 115 Å². The molecule has 2 heterocycles. The maximum absolute atomic E-state index is 10.7. The van der Waals surface area contributed by atoms with Crippen molar-refractivity contribution < 1.29 is 9.90 Å². The summed E-state index contributed by atoms with van der Waals surface area (Å²) in [4.78, 5) is 20.2. The highest BCUT2D eigenvalue weighted by molar-refractivity contribution is 7.11. The monoisotopic (exact) mass is 277 g/mol. The average molecular weight is 277 g/mol. The zero-order chi connectivity index (χ0) is 14.0. The number of nitrogens with zero attached hydrogens (tertiary/aromatic N) is 2. The second-order valence-corrected chi connectivity index (χ2v) is 5.52. The minimum Gasteiger partial charge on any atom is -0.477 e. The number of hydrogen-bond acceptors (Lipinski definition) is 5. The van der Waals surface area contributed by atoms with Gasteiger partial charge in [-0.25, -0.2) is 14.8 Å². The van der Waals surface area contributed by atoms with Crippen LogP contribution in [0.5, 0.6) is 0 Å². The Morgan fingerprint density at radius 3 is 2.63 bits per heavy atom. The summed E-state index contributed by atoms with van der Waals surface area (Å²) in [5, 5.41) is 13.1. The first-order valence-electron chi connectivity index (χ1n) is 5.87. The van der Waals surface area contributed by atoms with E-state index in [0.717, 1.165) is 16.4 Å². The van der Waals surface area contributed by atoms with Crippen LogP contribution in [-0.2, 0) is 0 Å². The van der Waals surface area contributed by atoms with Gasteiger partial charge in [-0.1, -0.05) is 0 Å². The van der Waals surface area contributed by atoms with Crippen molar-refractivity contribution in [1.29, 1.82) is 0 Å². The maximum atomic E-state index is 10.7. The Morgan fingerprint density at radius 2 is 2.16 bits per heavy atom. The van der Waals surface area contributed by atoms with Crippen molar-refractivity contribution in [1.82, 2.24) is 9.97 Å². The molecule has 0 aliphatic carbocycles. The average Bonchev–Trinajstić information content (AvgIpc) is 2.69. The lowest BCUT2D eigenvalue weighted by Gasteiger charge is -2.14. The van der Waals surface area contributed by atoms with E-state index in [1.165, 1.54) is 17.1 Å². The van der Waals surface area contributed by atoms with Crippen LogP contribution in [0.4, 0.5) is 5.69 Å². The summed E-state index contributed by atoms with van der Waals surface area (Å²) in [7, 11) is 0. The van der Waals surface area contributed by atoms with E-state index in [2.05, 4.69) is 15.3 Å². The summed E-state index contributed by atoms with van der Waals surface area (Å²) in [5.41, 5.74) is 1.86. The minimum atomic E-state index is -1.02. The molecule has 0 bridgehead atoms. The largest absolute Gasteiger partial charge is 0.477 e. The van der Waals surface area contributed by atoms with E-state index in [1.54, 1.807) is 17.4 Å². The zero-order valence-electron chi connectivity index (χ0n) is 11.0. The van der Waals surface area contributed by atoms with Gasteiger partial charge in [0.15, 0.2) is 0 Å². The Hall–Kier alpha value is -1.95. The third-order valence-corrected chi connectivity index (χ3v) is 3.95. The van der Waals surface area contributed by atoms with Crippen LogP contribution >= 0.6 is 11.3 Å². The standard InChI is InChI=1S/C13H15N3O2S/c1-7-12(19-9(3)15-7)8(2)16-10-4-5-11(13(17)18)14-6-10/h4-6,8,16H,1-3H3,(H,17,18). The van der Waals surface area contributed by atoms with E-state index in [1.807, 2.05) is 20.8 Å². The number of carboxylic acids is 1. The molecule has 0 saturated heterocycles. The smallest absolute Gasteiger partial charge is 0.354 e. The van der Waals surface area contributed by atoms with Gasteiger partial charge in [0.25, 0.3) is 0 Å². The van der Waals surface area contributed by atoms with Crippen LogP contribution in [0, 0.1) is 13.8 Å². The normalized spacial score (nSPS) is 12.2. The second kappa shape index (κ2) is 5.36. The fraction of sp³-hybridized carbons (Fsp3) is 0.308. The third kappa shape index (κ3) is 3.08. The number of hydrogen-bond donors (Lipinski definition) is 2. The number of aromatic carboxylic acids is 1. The van der Waals surface area contributed by atoms with Crippen molar-refractivity contribution in [3.8, 4) is 0 Å². The highest BCUT2D eigenvalue weighted by Gasteiger charge is 2.13. The molecule has 1 unspecified atom stereocenters. The number of carbonyl (C=O) groups is 1. The molecule has 5 nitrogen and oxygen atoms in total. The summed E-state index contributed by atoms with van der Waals surface area (Å²) >= 11 is 1.66. The molecule has 1 atom stereocenters. The number of carboxylic acid groups (broad SMARTS) is 1. The minimum absolute atomic E-state index is 0.0445. The fourth-order valence-electron chi connectivity index (χ4n) is 1.87. The van der Waals surface area contributed by atoms with Gasteiger partial charge in [-0.3, -0.25) is 0 Å². The summed E-state index contributed by atoms with van der Waals surface area (Å²) in [6, 6.07) is 3.32. The number of thiazole rings is 1. The molecule has 0 spiro atoms. The number of nitrogens with one attached hydrogen (secondary N) is 1. The number of pyridine rings is 1. The highest BCUT2D eigenvalue weighted by Crippen LogP contribution is 2.27. The van der Waals surface area contributed by atoms with Crippen LogP contribution in [0.1, 0.15) is 39.0 Å². The van der Waals surface area contributed by atoms with Gasteiger partial charge in [0.2, 0.25) is 0 Å². The van der Waals surface area contributed by atoms with Gasteiger partial charge < -0.3 is 10.4 Å². The number of anilines is 1. The SMILES string of the molecule is Cc1nc(C)c(C(C)Nc2ccc(C(=O)O)nc2)s1. The molecule has 0 fully saturated rings. The lowest BCUT2D eigenvalue weighted by atomic mass is 10.2. The van der Waals surface area contributed by atoms with Crippen molar-refractivity contribution in [3.05, 3.63) is 39.6 Å². The van der Waals surface area contributed by atoms with Gasteiger partial charge in [-0.15, -0.1) is 11.3 Å². The van der Waals surface area contributed by atoms with Crippen LogP contribution in [0.2, 0.25) is 0 Å². The highest BCUT2D eigenvalue weighted by atomic mass is 32.1. The molecule has 2 aromatic rings. The Bertz CT molecular complexity index is 592. The first kappa shape index (κ1) is 13.5. The van der Waals surface area contributed by atoms with E-state index < -0.39 is 5.97 Å². The molecular formula is C13H15N3O2S. The van der Waals surface area contributed by atoms with Crippen LogP contribution in [0.3, 0.4) is 0 Å². The molecule has 2 rings (SSSR count). The zero-order valence-corrected chi connectivity index (χ0v) is 11.8. The number of aryl methyl sites for hydroxylation is 2. The van der Waals surface area contributed by atoms with Crippen molar-refractivity contribution in [2.24, 2.45) is 0 Å². The van der Waals surface area contributed by atoms with Crippen LogP contribution in [0.15, 0.2) is 18.3 Å². The molecule has 0 saturated carbocycles. The molecule has 2 aromatic heterocycles. The van der Waals surface area contributed by atoms with Crippen LogP contribution < -0.4 is 5.32 Å². The van der Waals surface area contributed by atoms with E-state index in [9.17, 15) is 4.79 Å². The number of rotatable bonds is 4. The predicted octanol–water partition coefficient (Wildman–Crippen LogP) is 3.03. The Balaban J connectivity index is 2.12. The summed E-state index contributed by atoms with van der Waals surface area (Å²) in [6.45, 7) is 6.02. The molecule has 19 heavy (non-hydrogen) atoms. The van der Waals surface area contributed by atoms with Gasteiger partial charge in [-0.2, -0.15) is 0 Å². The van der Waals surface area contributed by atoms with E-state index in [4.69, 9.17) is 5.11 Å². The molecule has 0 radical (unpaired) electrons. The number of aromatic nitrogens is 2. The first-order chi connectivity index (χ1) is 8.97. The molecule has 2 N–H and O–H groups in total. The second-order valence-electron chi connectivity index (χ2n) is 4.29. The van der Waals surface area contributed by atoms with Crippen molar-refractivity contribution in [3.63, 3.8) is 0 Å². The first-order valence-corrected chi connectivity index (χ1v) is 6.69. The van der Waals surface area contributed by atoms with Crippen LogP contribution in [0.25, 0.3) is 0 Å². The van der Waals surface area contributed by atoms with Gasteiger partial charge >= 0.3 is 5.97 Å². The predicted molar refractivity (Wildman–Crippen MR) is 74.8 cm³/mol. The lowest BCUT2D eigenvalue weighted by molar-refractivity contribution is 0.0690. The fourth-order valence-corrected chi connectivity index (χ4v) is 2.80. The van der Waals surface area contributed by atoms with Gasteiger partial charge in [0.05, 0.1) is 28.6 Å². The van der Waals surface area contributed by atoms with Gasteiger partial charge in [0, 0.05) is 4.88 Å². The molecule has 0 aromatic carbocycles. The summed E-state index contributed by atoms with van der Waals surface area (Å²) < 4.78 is 0. The quantitative estimate of drug-likeness (QED) is 0.898. The van der Waals surface area contributed by atoms with Crippen molar-refractivity contribution in [2.45, 2.75) is 26.8 Å². The molecule has 0 aliphatic heterocycles. The maximum Gasteiger partial charge on any atom is 0.354 e. The van der Waals surface area contributed by atoms with E-state index >= 15 is 0 Å². The van der Waals surface area contributed by atoms with E-state index in [0.29, 0.717) is 0 Å². The van der Waals surface area contributed by atoms with Crippen molar-refractivity contribution >= 4 is 23.0 Å². The van der Waals surface area contributed by atoms with Crippen LogP contribution in [-0.4, -0.2) is 21.0 Å². The molecular weight excluding hydrogens is 262 g/mol. The molecule has 0 amide bonds. The third-order valence-electron chi connectivity index (χ3n) is 2.70.